The van der Waals surface area contributed by atoms with Crippen LogP contribution in [-0.2, 0) is 9.53 Å². The Hall–Kier alpha value is -2.24. The van der Waals surface area contributed by atoms with E-state index in [0.717, 1.165) is 5.56 Å². The van der Waals surface area contributed by atoms with Crippen LogP contribution in [0, 0.1) is 6.92 Å². The third-order valence-corrected chi connectivity index (χ3v) is 3.76. The Balaban J connectivity index is 2.04. The molecule has 0 radical (unpaired) electrons. The van der Waals surface area contributed by atoms with Crippen molar-refractivity contribution in [3.8, 4) is 5.75 Å². The molecule has 5 nitrogen and oxygen atoms in total. The van der Waals surface area contributed by atoms with E-state index in [-0.39, 0.29) is 16.3 Å². The van der Waals surface area contributed by atoms with Crippen molar-refractivity contribution in [1.82, 2.24) is 0 Å². The predicted octanol–water partition coefficient (Wildman–Crippen LogP) is 4.19. The van der Waals surface area contributed by atoms with E-state index >= 15 is 0 Å². The quantitative estimate of drug-likeness (QED) is 0.794. The van der Waals surface area contributed by atoms with Gasteiger partial charge in [0.1, 0.15) is 11.3 Å². The monoisotopic (exact) mass is 367 g/mol. The number of aromatic hydroxyl groups is 1. The molecule has 0 spiro atoms. The number of ether oxygens (including phenoxy) is 1. The number of hydrogen-bond donors (Lipinski definition) is 2. The summed E-state index contributed by atoms with van der Waals surface area (Å²) in [5.41, 5.74) is 1.14. The van der Waals surface area contributed by atoms with Crippen molar-refractivity contribution in [3.63, 3.8) is 0 Å². The molecule has 1 amide bonds. The molecule has 0 aromatic heterocycles. The molecule has 2 N–H and O–H groups in total. The van der Waals surface area contributed by atoms with Gasteiger partial charge in [0.15, 0.2) is 6.10 Å². The number of carbonyl (C=O) groups excluding carboxylic acids is 2. The lowest BCUT2D eigenvalue weighted by Gasteiger charge is -2.15. The van der Waals surface area contributed by atoms with Gasteiger partial charge in [-0.2, -0.15) is 0 Å². The van der Waals surface area contributed by atoms with Gasteiger partial charge in [-0.15, -0.1) is 0 Å². The fourth-order valence-corrected chi connectivity index (χ4v) is 2.37. The van der Waals surface area contributed by atoms with E-state index in [2.05, 4.69) is 5.32 Å². The molecule has 1 unspecified atom stereocenters. The van der Waals surface area contributed by atoms with E-state index in [1.165, 1.54) is 25.1 Å². The second-order valence-corrected chi connectivity index (χ2v) is 6.03. The lowest BCUT2D eigenvalue weighted by atomic mass is 10.1. The number of amides is 1. The van der Waals surface area contributed by atoms with Gasteiger partial charge in [0.2, 0.25) is 0 Å². The molecule has 0 aliphatic rings. The van der Waals surface area contributed by atoms with Gasteiger partial charge in [0.25, 0.3) is 5.91 Å². The molecule has 2 aromatic rings. The van der Waals surface area contributed by atoms with Crippen LogP contribution in [0.3, 0.4) is 0 Å². The molecule has 7 heteroatoms. The molecule has 126 valence electrons. The maximum atomic E-state index is 12.1. The van der Waals surface area contributed by atoms with Crippen LogP contribution in [0.4, 0.5) is 5.69 Å². The normalized spacial score (nSPS) is 11.7. The average Bonchev–Trinajstić information content (AvgIpc) is 2.49. The minimum atomic E-state index is -1.08. The minimum absolute atomic E-state index is 0.00947. The summed E-state index contributed by atoms with van der Waals surface area (Å²) >= 11 is 11.8. The first-order chi connectivity index (χ1) is 11.3. The van der Waals surface area contributed by atoms with Crippen LogP contribution in [0.5, 0.6) is 5.75 Å². The predicted molar refractivity (Wildman–Crippen MR) is 92.8 cm³/mol. The van der Waals surface area contributed by atoms with E-state index in [1.54, 1.807) is 25.1 Å². The fraction of sp³-hybridized carbons (Fsp3) is 0.176. The summed E-state index contributed by atoms with van der Waals surface area (Å²) < 4.78 is 5.07. The number of esters is 1. The highest BCUT2D eigenvalue weighted by molar-refractivity contribution is 6.36. The fourth-order valence-electron chi connectivity index (χ4n) is 1.92. The van der Waals surface area contributed by atoms with Gasteiger partial charge in [-0.3, -0.25) is 4.79 Å². The lowest BCUT2D eigenvalue weighted by molar-refractivity contribution is -0.123. The molecule has 2 rings (SSSR count). The number of halogens is 2. The van der Waals surface area contributed by atoms with Gasteiger partial charge in [-0.1, -0.05) is 29.3 Å². The largest absolute Gasteiger partial charge is 0.507 e. The topological polar surface area (TPSA) is 75.6 Å². The zero-order valence-corrected chi connectivity index (χ0v) is 14.5. The number of benzene rings is 2. The Labute approximate surface area is 149 Å². The number of hydrogen-bond acceptors (Lipinski definition) is 4. The van der Waals surface area contributed by atoms with Crippen LogP contribution < -0.4 is 5.32 Å². The molecule has 0 saturated carbocycles. The van der Waals surface area contributed by atoms with Crippen LogP contribution in [0.25, 0.3) is 0 Å². The summed E-state index contributed by atoms with van der Waals surface area (Å²) in [4.78, 5) is 24.2. The molecular formula is C17H15Cl2NO4. The van der Waals surface area contributed by atoms with Crippen molar-refractivity contribution < 1.29 is 19.4 Å². The molecule has 0 aliphatic heterocycles. The SMILES string of the molecule is Cc1ccc(C(=O)OC(C)C(=O)Nc2ccc(Cl)cc2Cl)c(O)c1. The van der Waals surface area contributed by atoms with E-state index in [1.807, 2.05) is 0 Å². The second kappa shape index (κ2) is 7.55. The first-order valence-corrected chi connectivity index (χ1v) is 7.80. The van der Waals surface area contributed by atoms with Crippen molar-refractivity contribution in [1.29, 1.82) is 0 Å². The van der Waals surface area contributed by atoms with E-state index in [4.69, 9.17) is 27.9 Å². The van der Waals surface area contributed by atoms with Gasteiger partial charge < -0.3 is 15.2 Å². The Morgan fingerprint density at radius 2 is 1.88 bits per heavy atom. The standard InChI is InChI=1S/C17H15Cl2NO4/c1-9-3-5-12(15(21)7-9)17(23)24-10(2)16(22)20-14-6-4-11(18)8-13(14)19/h3-8,10,21H,1-2H3,(H,20,22). The maximum Gasteiger partial charge on any atom is 0.342 e. The molecule has 0 bridgehead atoms. The number of anilines is 1. The molecule has 0 saturated heterocycles. The van der Waals surface area contributed by atoms with Crippen molar-refractivity contribution in [2.75, 3.05) is 5.32 Å². The van der Waals surface area contributed by atoms with Gasteiger partial charge in [0.05, 0.1) is 10.7 Å². The van der Waals surface area contributed by atoms with Crippen molar-refractivity contribution >= 4 is 40.8 Å². The molecule has 24 heavy (non-hydrogen) atoms. The number of phenols is 1. The minimum Gasteiger partial charge on any atom is -0.507 e. The average molecular weight is 368 g/mol. The molecule has 1 atom stereocenters. The summed E-state index contributed by atoms with van der Waals surface area (Å²) in [6, 6.07) is 9.14. The van der Waals surface area contributed by atoms with Crippen LogP contribution >= 0.6 is 23.2 Å². The Morgan fingerprint density at radius 3 is 2.50 bits per heavy atom. The third kappa shape index (κ3) is 4.40. The van der Waals surface area contributed by atoms with E-state index in [9.17, 15) is 14.7 Å². The van der Waals surface area contributed by atoms with Gasteiger partial charge in [-0.25, -0.2) is 4.79 Å². The summed E-state index contributed by atoms with van der Waals surface area (Å²) in [6.07, 6.45) is -1.08. The second-order valence-electron chi connectivity index (χ2n) is 5.18. The van der Waals surface area contributed by atoms with Crippen LogP contribution in [0.2, 0.25) is 10.0 Å². The molecule has 0 heterocycles. The summed E-state index contributed by atoms with van der Waals surface area (Å²) in [6.45, 7) is 3.20. The molecule has 0 fully saturated rings. The van der Waals surface area contributed by atoms with Crippen LogP contribution in [0.1, 0.15) is 22.8 Å². The first kappa shape index (κ1) is 18.1. The zero-order valence-electron chi connectivity index (χ0n) is 13.0. The van der Waals surface area contributed by atoms with Crippen LogP contribution in [-0.4, -0.2) is 23.1 Å². The Bertz CT molecular complexity index is 792. The number of aryl methyl sites for hydroxylation is 1. The first-order valence-electron chi connectivity index (χ1n) is 7.04. The highest BCUT2D eigenvalue weighted by Crippen LogP contribution is 2.26. The summed E-state index contributed by atoms with van der Waals surface area (Å²) in [7, 11) is 0. The van der Waals surface area contributed by atoms with Crippen LogP contribution in [0.15, 0.2) is 36.4 Å². The Kier molecular flexibility index (Phi) is 5.70. The van der Waals surface area contributed by atoms with Crippen molar-refractivity contribution in [2.45, 2.75) is 20.0 Å². The van der Waals surface area contributed by atoms with Gasteiger partial charge in [0, 0.05) is 5.02 Å². The highest BCUT2D eigenvalue weighted by Gasteiger charge is 2.21. The van der Waals surface area contributed by atoms with E-state index in [0.29, 0.717) is 10.7 Å². The van der Waals surface area contributed by atoms with E-state index < -0.39 is 18.0 Å². The zero-order chi connectivity index (χ0) is 17.9. The van der Waals surface area contributed by atoms with Crippen molar-refractivity contribution in [2.24, 2.45) is 0 Å². The summed E-state index contributed by atoms with van der Waals surface area (Å²) in [5, 5.41) is 13.0. The summed E-state index contributed by atoms with van der Waals surface area (Å²) in [5.74, 6) is -1.55. The smallest absolute Gasteiger partial charge is 0.342 e. The highest BCUT2D eigenvalue weighted by atomic mass is 35.5. The maximum absolute atomic E-state index is 12.1. The lowest BCUT2D eigenvalue weighted by Crippen LogP contribution is -2.30. The van der Waals surface area contributed by atoms with Gasteiger partial charge >= 0.3 is 5.97 Å². The molecule has 2 aromatic carbocycles. The van der Waals surface area contributed by atoms with Gasteiger partial charge in [-0.05, 0) is 49.7 Å². The number of phenolic OH excluding ortho intramolecular Hbond substituents is 1. The number of rotatable bonds is 4. The third-order valence-electron chi connectivity index (χ3n) is 3.22. The number of nitrogens with one attached hydrogen (secondary N) is 1. The molecular weight excluding hydrogens is 353 g/mol. The molecule has 0 aliphatic carbocycles. The number of carbonyl (C=O) groups is 2. The van der Waals surface area contributed by atoms with Crippen molar-refractivity contribution in [3.05, 3.63) is 57.6 Å². The Morgan fingerprint density at radius 1 is 1.17 bits per heavy atom.